The molecule has 2 aromatic carbocycles. The Morgan fingerprint density at radius 3 is 2.43 bits per heavy atom. The molecule has 5 nitrogen and oxygen atoms in total. The summed E-state index contributed by atoms with van der Waals surface area (Å²) in [6.45, 7) is 2.29. The van der Waals surface area contributed by atoms with Crippen LogP contribution in [0.1, 0.15) is 16.8 Å². The highest BCUT2D eigenvalue weighted by atomic mass is 16.3. The van der Waals surface area contributed by atoms with Crippen LogP contribution >= 0.6 is 0 Å². The molecule has 0 radical (unpaired) electrons. The van der Waals surface area contributed by atoms with Gasteiger partial charge in [-0.3, -0.25) is 4.90 Å². The third kappa shape index (κ3) is 4.17. The zero-order valence-electron chi connectivity index (χ0n) is 13.1. The first-order valence-corrected chi connectivity index (χ1v) is 7.58. The van der Waals surface area contributed by atoms with E-state index in [0.29, 0.717) is 5.75 Å². The fourth-order valence-corrected chi connectivity index (χ4v) is 2.54. The number of benzene rings is 2. The molecule has 0 spiro atoms. The summed E-state index contributed by atoms with van der Waals surface area (Å²) in [6, 6.07) is 17.5. The molecule has 0 aliphatic heterocycles. The van der Waals surface area contributed by atoms with E-state index in [0.717, 1.165) is 30.9 Å². The summed E-state index contributed by atoms with van der Waals surface area (Å²) in [6.07, 6.45) is 1.82. The molecular weight excluding hydrogens is 288 g/mol. The van der Waals surface area contributed by atoms with Gasteiger partial charge >= 0.3 is 0 Å². The van der Waals surface area contributed by atoms with Crippen molar-refractivity contribution in [3.05, 3.63) is 77.6 Å². The van der Waals surface area contributed by atoms with Crippen LogP contribution in [0.4, 0.5) is 0 Å². The van der Waals surface area contributed by atoms with Crippen LogP contribution in [0.3, 0.4) is 0 Å². The molecule has 0 amide bonds. The minimum atomic E-state index is 0.293. The smallest absolute Gasteiger partial charge is 0.115 e. The summed E-state index contributed by atoms with van der Waals surface area (Å²) in [5.74, 6) is 0.293. The van der Waals surface area contributed by atoms with E-state index < -0.39 is 0 Å². The van der Waals surface area contributed by atoms with Crippen LogP contribution in [-0.2, 0) is 19.6 Å². The Hall–Kier alpha value is -2.66. The highest BCUT2D eigenvalue weighted by Crippen LogP contribution is 2.13. The maximum absolute atomic E-state index is 9.34. The van der Waals surface area contributed by atoms with Gasteiger partial charge in [0.05, 0.1) is 18.4 Å². The normalized spacial score (nSPS) is 11.0. The van der Waals surface area contributed by atoms with Crippen LogP contribution in [0, 0.1) is 0 Å². The van der Waals surface area contributed by atoms with E-state index in [9.17, 15) is 5.11 Å². The third-order valence-corrected chi connectivity index (χ3v) is 3.69. The Balaban J connectivity index is 1.64. The third-order valence-electron chi connectivity index (χ3n) is 3.69. The van der Waals surface area contributed by atoms with Crippen molar-refractivity contribution in [3.8, 4) is 5.75 Å². The molecule has 0 unspecified atom stereocenters. The molecule has 0 aliphatic rings. The Morgan fingerprint density at radius 1 is 0.957 bits per heavy atom. The first kappa shape index (κ1) is 15.2. The van der Waals surface area contributed by atoms with Gasteiger partial charge in [-0.25, -0.2) is 4.68 Å². The van der Waals surface area contributed by atoms with Gasteiger partial charge in [0.15, 0.2) is 0 Å². The second-order valence-corrected chi connectivity index (χ2v) is 5.71. The summed E-state index contributed by atoms with van der Waals surface area (Å²) in [5, 5.41) is 17.6. The van der Waals surface area contributed by atoms with E-state index in [2.05, 4.69) is 34.4 Å². The second-order valence-electron chi connectivity index (χ2n) is 5.71. The van der Waals surface area contributed by atoms with Crippen molar-refractivity contribution in [2.45, 2.75) is 19.6 Å². The predicted octanol–water partition coefficient (Wildman–Crippen LogP) is 2.66. The van der Waals surface area contributed by atoms with Crippen LogP contribution in [0.25, 0.3) is 0 Å². The Bertz CT molecular complexity index is 737. The number of phenolic OH excluding ortho intramolecular Hbond substituents is 1. The fraction of sp³-hybridized carbons (Fsp3) is 0.222. The summed E-state index contributed by atoms with van der Waals surface area (Å²) in [7, 11) is 2.06. The maximum atomic E-state index is 9.34. The largest absolute Gasteiger partial charge is 0.508 e. The SMILES string of the molecule is CN(Cc1ccc(O)cc1)Cc1cnnn1Cc1ccccc1. The van der Waals surface area contributed by atoms with Gasteiger partial charge in [-0.05, 0) is 30.3 Å². The average molecular weight is 308 g/mol. The number of hydrogen-bond acceptors (Lipinski definition) is 4. The monoisotopic (exact) mass is 308 g/mol. The number of nitrogens with zero attached hydrogens (tertiary/aromatic N) is 4. The average Bonchev–Trinajstić information content (AvgIpc) is 2.97. The van der Waals surface area contributed by atoms with E-state index >= 15 is 0 Å². The topological polar surface area (TPSA) is 54.2 Å². The van der Waals surface area contributed by atoms with Gasteiger partial charge in [0.2, 0.25) is 0 Å². The van der Waals surface area contributed by atoms with Crippen molar-refractivity contribution in [2.75, 3.05) is 7.05 Å². The molecule has 0 atom stereocenters. The number of phenols is 1. The molecule has 0 bridgehead atoms. The molecule has 23 heavy (non-hydrogen) atoms. The van der Waals surface area contributed by atoms with Crippen LogP contribution in [0.2, 0.25) is 0 Å². The van der Waals surface area contributed by atoms with Gasteiger partial charge in [0.25, 0.3) is 0 Å². The van der Waals surface area contributed by atoms with Gasteiger partial charge in [-0.2, -0.15) is 0 Å². The summed E-state index contributed by atoms with van der Waals surface area (Å²) in [5.41, 5.74) is 3.45. The Morgan fingerprint density at radius 2 is 1.70 bits per heavy atom. The van der Waals surface area contributed by atoms with Crippen LogP contribution < -0.4 is 0 Å². The fourth-order valence-electron chi connectivity index (χ4n) is 2.54. The highest BCUT2D eigenvalue weighted by Gasteiger charge is 2.08. The summed E-state index contributed by atoms with van der Waals surface area (Å²) < 4.78 is 1.93. The molecule has 1 N–H and O–H groups in total. The van der Waals surface area contributed by atoms with E-state index in [4.69, 9.17) is 0 Å². The van der Waals surface area contributed by atoms with Crippen LogP contribution in [0.5, 0.6) is 5.75 Å². The molecule has 0 aliphatic carbocycles. The summed E-state index contributed by atoms with van der Waals surface area (Å²) in [4.78, 5) is 2.20. The zero-order valence-corrected chi connectivity index (χ0v) is 13.1. The van der Waals surface area contributed by atoms with Crippen molar-refractivity contribution in [1.82, 2.24) is 19.9 Å². The van der Waals surface area contributed by atoms with Crippen LogP contribution in [-0.4, -0.2) is 32.0 Å². The first-order valence-electron chi connectivity index (χ1n) is 7.58. The molecule has 0 fully saturated rings. The van der Waals surface area contributed by atoms with Crippen molar-refractivity contribution in [2.24, 2.45) is 0 Å². The van der Waals surface area contributed by atoms with E-state index in [1.165, 1.54) is 5.56 Å². The van der Waals surface area contributed by atoms with Gasteiger partial charge in [-0.15, -0.1) is 5.10 Å². The molecule has 1 heterocycles. The lowest BCUT2D eigenvalue weighted by atomic mass is 10.2. The minimum Gasteiger partial charge on any atom is -0.508 e. The highest BCUT2D eigenvalue weighted by molar-refractivity contribution is 5.25. The molecule has 0 saturated carbocycles. The quantitative estimate of drug-likeness (QED) is 0.760. The van der Waals surface area contributed by atoms with E-state index in [-0.39, 0.29) is 0 Å². The minimum absolute atomic E-state index is 0.293. The van der Waals surface area contributed by atoms with Crippen molar-refractivity contribution in [1.29, 1.82) is 0 Å². The van der Waals surface area contributed by atoms with Gasteiger partial charge < -0.3 is 5.11 Å². The molecule has 118 valence electrons. The molecule has 5 heteroatoms. The van der Waals surface area contributed by atoms with Crippen molar-refractivity contribution >= 4 is 0 Å². The molecule has 3 aromatic rings. The second kappa shape index (κ2) is 7.07. The predicted molar refractivity (Wildman–Crippen MR) is 88.8 cm³/mol. The lowest BCUT2D eigenvalue weighted by Crippen LogP contribution is -2.20. The number of aromatic hydroxyl groups is 1. The molecule has 1 aromatic heterocycles. The standard InChI is InChI=1S/C18H20N4O/c1-21(12-16-7-9-18(23)10-8-16)14-17-11-19-20-22(17)13-15-5-3-2-4-6-15/h2-11,23H,12-14H2,1H3. The number of aromatic nitrogens is 3. The van der Waals surface area contributed by atoms with Gasteiger partial charge in [0.1, 0.15) is 5.75 Å². The van der Waals surface area contributed by atoms with E-state index in [1.807, 2.05) is 41.2 Å². The van der Waals surface area contributed by atoms with E-state index in [1.54, 1.807) is 12.1 Å². The Labute approximate surface area is 135 Å². The zero-order chi connectivity index (χ0) is 16.1. The lowest BCUT2D eigenvalue weighted by Gasteiger charge is -2.17. The molecule has 3 rings (SSSR count). The van der Waals surface area contributed by atoms with Gasteiger partial charge in [0, 0.05) is 13.1 Å². The van der Waals surface area contributed by atoms with Crippen molar-refractivity contribution in [3.63, 3.8) is 0 Å². The van der Waals surface area contributed by atoms with Gasteiger partial charge in [-0.1, -0.05) is 47.7 Å². The first-order chi connectivity index (χ1) is 11.2. The molecule has 0 saturated heterocycles. The maximum Gasteiger partial charge on any atom is 0.115 e. The molecular formula is C18H20N4O. The van der Waals surface area contributed by atoms with Crippen molar-refractivity contribution < 1.29 is 5.11 Å². The summed E-state index contributed by atoms with van der Waals surface area (Å²) >= 11 is 0. The number of rotatable bonds is 6. The van der Waals surface area contributed by atoms with Crippen LogP contribution in [0.15, 0.2) is 60.8 Å². The Kier molecular flexibility index (Phi) is 4.68. The lowest BCUT2D eigenvalue weighted by molar-refractivity contribution is 0.308. The number of hydrogen-bond donors (Lipinski definition) is 1.